The largest absolute Gasteiger partial charge is 0.379 e. The normalized spacial score (nSPS) is 17.9. The molecule has 0 aromatic rings. The highest BCUT2D eigenvalue weighted by Gasteiger charge is 2.31. The Bertz CT molecular complexity index is 240. The third-order valence-corrected chi connectivity index (χ3v) is 3.65. The molecule has 0 aromatic heterocycles. The molecule has 0 fully saturated rings. The van der Waals surface area contributed by atoms with Crippen molar-refractivity contribution >= 4 is 5.91 Å². The first kappa shape index (κ1) is 17.4. The van der Waals surface area contributed by atoms with Crippen molar-refractivity contribution < 1.29 is 9.53 Å². The number of carbonyl (C=O) groups excluding carboxylic acids is 1. The Labute approximate surface area is 112 Å². The molecule has 1 amide bonds. The second-order valence-corrected chi connectivity index (χ2v) is 5.24. The van der Waals surface area contributed by atoms with Gasteiger partial charge in [-0.15, -0.1) is 0 Å². The Hall–Kier alpha value is -0.610. The molecule has 4 unspecified atom stereocenters. The summed E-state index contributed by atoms with van der Waals surface area (Å²) < 4.78 is 5.54. The van der Waals surface area contributed by atoms with Gasteiger partial charge in [-0.2, -0.15) is 0 Å². The van der Waals surface area contributed by atoms with E-state index in [0.29, 0.717) is 12.3 Å². The molecule has 4 nitrogen and oxygen atoms in total. The van der Waals surface area contributed by atoms with Gasteiger partial charge in [-0.05, 0) is 19.3 Å². The molecule has 4 heteroatoms. The summed E-state index contributed by atoms with van der Waals surface area (Å²) in [6.07, 6.45) is 2.41. The van der Waals surface area contributed by atoms with Crippen molar-refractivity contribution in [3.63, 3.8) is 0 Å². The van der Waals surface area contributed by atoms with Crippen molar-refractivity contribution in [1.29, 1.82) is 0 Å². The maximum absolute atomic E-state index is 12.1. The summed E-state index contributed by atoms with van der Waals surface area (Å²) in [5.74, 6) is 0.516. The number of amides is 1. The van der Waals surface area contributed by atoms with Crippen LogP contribution in [0.5, 0.6) is 0 Å². The van der Waals surface area contributed by atoms with Crippen molar-refractivity contribution in [2.24, 2.45) is 11.7 Å². The maximum Gasteiger partial charge on any atom is 0.224 e. The van der Waals surface area contributed by atoms with Crippen LogP contribution in [0.3, 0.4) is 0 Å². The zero-order valence-electron chi connectivity index (χ0n) is 12.8. The van der Waals surface area contributed by atoms with E-state index in [-0.39, 0.29) is 24.1 Å². The molecule has 0 bridgehead atoms. The maximum atomic E-state index is 12.1. The molecule has 0 saturated carbocycles. The van der Waals surface area contributed by atoms with E-state index >= 15 is 0 Å². The Morgan fingerprint density at radius 3 is 2.17 bits per heavy atom. The molecular formula is C14H30N2O2. The summed E-state index contributed by atoms with van der Waals surface area (Å²) in [4.78, 5) is 14.0. The highest BCUT2D eigenvalue weighted by molar-refractivity contribution is 5.76. The van der Waals surface area contributed by atoms with Crippen LogP contribution in [0.15, 0.2) is 0 Å². The van der Waals surface area contributed by atoms with Crippen LogP contribution < -0.4 is 5.73 Å². The second-order valence-electron chi connectivity index (χ2n) is 5.24. The highest BCUT2D eigenvalue weighted by atomic mass is 16.5. The summed E-state index contributed by atoms with van der Waals surface area (Å²) in [6, 6.07) is 0.0244. The van der Waals surface area contributed by atoms with Gasteiger partial charge in [0.2, 0.25) is 5.91 Å². The summed E-state index contributed by atoms with van der Waals surface area (Å²) >= 11 is 0. The summed E-state index contributed by atoms with van der Waals surface area (Å²) in [5.41, 5.74) is 5.70. The standard InChI is InChI=1S/C14H30N2O2/c1-7-10(3)14(12(8-2)18-6)16(5)13(17)9-11(4)15/h10-12,14H,7-9,15H2,1-6H3. The summed E-state index contributed by atoms with van der Waals surface area (Å²) in [7, 11) is 3.58. The van der Waals surface area contributed by atoms with Crippen LogP contribution >= 0.6 is 0 Å². The van der Waals surface area contributed by atoms with Gasteiger partial charge in [-0.3, -0.25) is 4.79 Å². The topological polar surface area (TPSA) is 55.6 Å². The Balaban J connectivity index is 4.89. The molecule has 0 heterocycles. The monoisotopic (exact) mass is 258 g/mol. The lowest BCUT2D eigenvalue weighted by atomic mass is 9.91. The van der Waals surface area contributed by atoms with Gasteiger partial charge >= 0.3 is 0 Å². The van der Waals surface area contributed by atoms with E-state index in [1.165, 1.54) is 0 Å². The zero-order valence-corrected chi connectivity index (χ0v) is 12.8. The Morgan fingerprint density at radius 2 is 1.83 bits per heavy atom. The van der Waals surface area contributed by atoms with Gasteiger partial charge in [0.1, 0.15) is 0 Å². The Morgan fingerprint density at radius 1 is 1.28 bits per heavy atom. The van der Waals surface area contributed by atoms with Crippen LogP contribution in [0.25, 0.3) is 0 Å². The van der Waals surface area contributed by atoms with Crippen LogP contribution in [-0.4, -0.2) is 43.2 Å². The van der Waals surface area contributed by atoms with Gasteiger partial charge in [0.05, 0.1) is 12.1 Å². The number of carbonyl (C=O) groups is 1. The fourth-order valence-corrected chi connectivity index (χ4v) is 2.37. The summed E-state index contributed by atoms with van der Waals surface area (Å²) in [5, 5.41) is 0. The van der Waals surface area contributed by atoms with E-state index in [0.717, 1.165) is 12.8 Å². The predicted octanol–water partition coefficient (Wildman–Crippen LogP) is 2.02. The van der Waals surface area contributed by atoms with Crippen LogP contribution in [0.4, 0.5) is 0 Å². The fraction of sp³-hybridized carbons (Fsp3) is 0.929. The highest BCUT2D eigenvalue weighted by Crippen LogP contribution is 2.21. The van der Waals surface area contributed by atoms with Crippen molar-refractivity contribution in [3.8, 4) is 0 Å². The van der Waals surface area contributed by atoms with Gasteiger partial charge in [-0.1, -0.05) is 27.2 Å². The van der Waals surface area contributed by atoms with Crippen LogP contribution in [-0.2, 0) is 9.53 Å². The van der Waals surface area contributed by atoms with Gasteiger partial charge in [0.25, 0.3) is 0 Å². The second kappa shape index (κ2) is 8.48. The van der Waals surface area contributed by atoms with Crippen LogP contribution in [0, 0.1) is 5.92 Å². The lowest BCUT2D eigenvalue weighted by Gasteiger charge is -2.37. The fourth-order valence-electron chi connectivity index (χ4n) is 2.37. The molecule has 0 radical (unpaired) electrons. The molecule has 0 spiro atoms. The van der Waals surface area contributed by atoms with E-state index in [9.17, 15) is 4.79 Å². The lowest BCUT2D eigenvalue weighted by molar-refractivity contribution is -0.137. The molecule has 0 aliphatic carbocycles. The first-order valence-corrected chi connectivity index (χ1v) is 6.92. The number of methoxy groups -OCH3 is 1. The van der Waals surface area contributed by atoms with Crippen LogP contribution in [0.2, 0.25) is 0 Å². The smallest absolute Gasteiger partial charge is 0.224 e. The minimum atomic E-state index is -0.0971. The number of likely N-dealkylation sites (N-methyl/N-ethyl adjacent to an activating group) is 1. The molecule has 0 aromatic carbocycles. The lowest BCUT2D eigenvalue weighted by Crippen LogP contribution is -2.49. The molecule has 0 aliphatic heterocycles. The average molecular weight is 258 g/mol. The first-order valence-electron chi connectivity index (χ1n) is 6.92. The number of nitrogens with two attached hydrogens (primary N) is 1. The van der Waals surface area contributed by atoms with Gasteiger partial charge in [0.15, 0.2) is 0 Å². The molecule has 0 saturated heterocycles. The van der Waals surface area contributed by atoms with E-state index in [1.54, 1.807) is 7.11 Å². The minimum absolute atomic E-state index is 0.0852. The van der Waals surface area contributed by atoms with E-state index < -0.39 is 0 Å². The van der Waals surface area contributed by atoms with Gasteiger partial charge < -0.3 is 15.4 Å². The quantitative estimate of drug-likeness (QED) is 0.724. The van der Waals surface area contributed by atoms with Crippen molar-refractivity contribution in [1.82, 2.24) is 4.90 Å². The number of hydrogen-bond acceptors (Lipinski definition) is 3. The Kier molecular flexibility index (Phi) is 8.20. The molecule has 4 atom stereocenters. The van der Waals surface area contributed by atoms with E-state index in [1.807, 2.05) is 18.9 Å². The molecular weight excluding hydrogens is 228 g/mol. The molecule has 108 valence electrons. The van der Waals surface area contributed by atoms with Gasteiger partial charge in [-0.25, -0.2) is 0 Å². The van der Waals surface area contributed by atoms with Crippen molar-refractivity contribution in [2.75, 3.05) is 14.2 Å². The van der Waals surface area contributed by atoms with Crippen molar-refractivity contribution in [3.05, 3.63) is 0 Å². The number of rotatable bonds is 8. The number of hydrogen-bond donors (Lipinski definition) is 1. The van der Waals surface area contributed by atoms with E-state index in [2.05, 4.69) is 20.8 Å². The van der Waals surface area contributed by atoms with Crippen LogP contribution in [0.1, 0.15) is 47.0 Å². The third kappa shape index (κ3) is 4.94. The molecule has 2 N–H and O–H groups in total. The predicted molar refractivity (Wildman–Crippen MR) is 75.4 cm³/mol. The average Bonchev–Trinajstić information content (AvgIpc) is 2.33. The molecule has 0 aliphatic rings. The summed E-state index contributed by atoms with van der Waals surface area (Å²) in [6.45, 7) is 8.26. The van der Waals surface area contributed by atoms with Gasteiger partial charge in [0, 0.05) is 26.6 Å². The van der Waals surface area contributed by atoms with E-state index in [4.69, 9.17) is 10.5 Å². The zero-order chi connectivity index (χ0) is 14.3. The molecule has 0 rings (SSSR count). The third-order valence-electron chi connectivity index (χ3n) is 3.65. The SMILES string of the molecule is CCC(C)C(C(CC)OC)N(C)C(=O)CC(C)N. The number of nitrogens with zero attached hydrogens (tertiary/aromatic N) is 1. The first-order chi connectivity index (χ1) is 8.38. The van der Waals surface area contributed by atoms with Crippen molar-refractivity contribution in [2.45, 2.75) is 65.1 Å². The number of ether oxygens (including phenoxy) is 1. The molecule has 18 heavy (non-hydrogen) atoms. The minimum Gasteiger partial charge on any atom is -0.379 e.